The van der Waals surface area contributed by atoms with Crippen LogP contribution in [0.25, 0.3) is 0 Å². The maximum absolute atomic E-state index is 11.3. The molecule has 80 valence electrons. The summed E-state index contributed by atoms with van der Waals surface area (Å²) < 4.78 is 22.5. The van der Waals surface area contributed by atoms with Crippen molar-refractivity contribution in [2.24, 2.45) is 0 Å². The monoisotopic (exact) mass is 325 g/mol. The first kappa shape index (κ1) is 12.8. The number of rotatable bonds is 2. The molecule has 0 bridgehead atoms. The summed E-state index contributed by atoms with van der Waals surface area (Å²) in [5.41, 5.74) is 0.601. The van der Waals surface area contributed by atoms with Crippen molar-refractivity contribution in [2.45, 2.75) is 15.1 Å². The lowest BCUT2D eigenvalue weighted by atomic mass is 10.1. The predicted molar refractivity (Wildman–Crippen MR) is 64.1 cm³/mol. The molecule has 1 aromatic rings. The van der Waals surface area contributed by atoms with E-state index in [-0.39, 0.29) is 15.4 Å². The predicted octanol–water partition coefficient (Wildman–Crippen LogP) is 2.67. The second kappa shape index (κ2) is 4.74. The van der Waals surface area contributed by atoms with Gasteiger partial charge < -0.3 is 0 Å². The zero-order valence-corrected chi connectivity index (χ0v) is 11.3. The quantitative estimate of drug-likeness (QED) is 0.516. The van der Waals surface area contributed by atoms with Crippen molar-refractivity contribution < 1.29 is 8.42 Å². The minimum atomic E-state index is -3.96. The molecular formula is C8H5BrClNO2S2. The largest absolute Gasteiger partial charge is 0.263 e. The van der Waals surface area contributed by atoms with Crippen LogP contribution in [0.15, 0.2) is 21.9 Å². The molecule has 0 saturated heterocycles. The Balaban J connectivity index is 3.71. The highest BCUT2D eigenvalue weighted by Gasteiger charge is 2.21. The number of hydrogen-bond donors (Lipinski definition) is 1. The lowest BCUT2D eigenvalue weighted by Gasteiger charge is -2.07. The molecule has 3 nitrogen and oxygen atoms in total. The van der Waals surface area contributed by atoms with Crippen LogP contribution in [-0.4, -0.2) is 8.42 Å². The van der Waals surface area contributed by atoms with Crippen LogP contribution in [0.2, 0.25) is 0 Å². The molecule has 0 saturated carbocycles. The molecule has 0 fully saturated rings. The Hall–Kier alpha value is -0.220. The SMILES string of the molecule is N#Cc1c(CBr)ccc(S)c1S(=O)(=O)Cl. The fourth-order valence-electron chi connectivity index (χ4n) is 1.09. The summed E-state index contributed by atoms with van der Waals surface area (Å²) in [4.78, 5) is -0.0572. The lowest BCUT2D eigenvalue weighted by molar-refractivity contribution is 0.607. The number of hydrogen-bond acceptors (Lipinski definition) is 4. The Kier molecular flexibility index (Phi) is 4.06. The van der Waals surface area contributed by atoms with Gasteiger partial charge in [-0.2, -0.15) is 5.26 Å². The molecule has 15 heavy (non-hydrogen) atoms. The van der Waals surface area contributed by atoms with Gasteiger partial charge >= 0.3 is 0 Å². The minimum Gasteiger partial charge on any atom is -0.207 e. The van der Waals surface area contributed by atoms with Crippen LogP contribution < -0.4 is 0 Å². The van der Waals surface area contributed by atoms with E-state index in [2.05, 4.69) is 28.6 Å². The van der Waals surface area contributed by atoms with Crippen LogP contribution in [0.4, 0.5) is 0 Å². The van der Waals surface area contributed by atoms with Crippen molar-refractivity contribution in [3.05, 3.63) is 23.3 Å². The fraction of sp³-hybridized carbons (Fsp3) is 0.125. The van der Waals surface area contributed by atoms with Crippen LogP contribution in [-0.2, 0) is 14.4 Å². The number of nitriles is 1. The number of benzene rings is 1. The summed E-state index contributed by atoms with van der Waals surface area (Å²) in [6, 6.07) is 4.94. The van der Waals surface area contributed by atoms with Crippen LogP contribution in [0.5, 0.6) is 0 Å². The molecule has 0 amide bonds. The lowest BCUT2D eigenvalue weighted by Crippen LogP contribution is -2.00. The van der Waals surface area contributed by atoms with Crippen LogP contribution in [0, 0.1) is 11.3 Å². The summed E-state index contributed by atoms with van der Waals surface area (Å²) >= 11 is 7.13. The van der Waals surface area contributed by atoms with Crippen LogP contribution in [0.3, 0.4) is 0 Å². The van der Waals surface area contributed by atoms with Gasteiger partial charge in [0.25, 0.3) is 9.05 Å². The molecule has 1 rings (SSSR count). The number of thiol groups is 1. The second-order valence-corrected chi connectivity index (χ2v) is 6.18. The highest BCUT2D eigenvalue weighted by atomic mass is 79.9. The van der Waals surface area contributed by atoms with Gasteiger partial charge in [-0.15, -0.1) is 12.6 Å². The van der Waals surface area contributed by atoms with Gasteiger partial charge in [0.1, 0.15) is 11.0 Å². The van der Waals surface area contributed by atoms with Gasteiger partial charge in [0.2, 0.25) is 0 Å². The Morgan fingerprint density at radius 3 is 2.53 bits per heavy atom. The maximum atomic E-state index is 11.3. The maximum Gasteiger partial charge on any atom is 0.263 e. The van der Waals surface area contributed by atoms with Gasteiger partial charge in [-0.25, -0.2) is 8.42 Å². The van der Waals surface area contributed by atoms with E-state index in [1.807, 2.05) is 6.07 Å². The van der Waals surface area contributed by atoms with Crippen molar-refractivity contribution in [2.75, 3.05) is 0 Å². The summed E-state index contributed by atoms with van der Waals surface area (Å²) in [5, 5.41) is 9.27. The van der Waals surface area contributed by atoms with E-state index >= 15 is 0 Å². The Labute approximate surface area is 106 Å². The van der Waals surface area contributed by atoms with E-state index in [1.54, 1.807) is 6.07 Å². The average Bonchev–Trinajstić information content (AvgIpc) is 2.15. The molecule has 1 aromatic carbocycles. The topological polar surface area (TPSA) is 57.9 Å². The highest BCUT2D eigenvalue weighted by molar-refractivity contribution is 9.08. The van der Waals surface area contributed by atoms with E-state index in [1.165, 1.54) is 6.07 Å². The van der Waals surface area contributed by atoms with Crippen molar-refractivity contribution in [3.8, 4) is 6.07 Å². The number of halogens is 2. The molecule has 0 aliphatic heterocycles. The summed E-state index contributed by atoms with van der Waals surface area (Å²) in [7, 11) is 1.28. The first-order valence-corrected chi connectivity index (χ1v) is 7.55. The van der Waals surface area contributed by atoms with Gasteiger partial charge in [-0.1, -0.05) is 22.0 Å². The zero-order chi connectivity index (χ0) is 11.6. The van der Waals surface area contributed by atoms with Crippen molar-refractivity contribution in [3.63, 3.8) is 0 Å². The minimum absolute atomic E-state index is 0.0365. The third-order valence-corrected chi connectivity index (χ3v) is 4.23. The molecule has 0 aromatic heterocycles. The van der Waals surface area contributed by atoms with E-state index < -0.39 is 9.05 Å². The summed E-state index contributed by atoms with van der Waals surface area (Å²) in [6.07, 6.45) is 0. The average molecular weight is 327 g/mol. The Morgan fingerprint density at radius 1 is 1.53 bits per heavy atom. The first-order valence-electron chi connectivity index (χ1n) is 3.67. The molecule has 0 unspecified atom stereocenters. The van der Waals surface area contributed by atoms with Gasteiger partial charge in [0.15, 0.2) is 0 Å². The number of nitrogens with zero attached hydrogens (tertiary/aromatic N) is 1. The normalized spacial score (nSPS) is 11.1. The molecule has 0 aliphatic carbocycles. The van der Waals surface area contributed by atoms with Crippen molar-refractivity contribution in [1.29, 1.82) is 5.26 Å². The van der Waals surface area contributed by atoms with Crippen molar-refractivity contribution in [1.82, 2.24) is 0 Å². The van der Waals surface area contributed by atoms with E-state index in [0.717, 1.165) is 0 Å². The Morgan fingerprint density at radius 2 is 2.13 bits per heavy atom. The summed E-state index contributed by atoms with van der Waals surface area (Å²) in [6.45, 7) is 0. The van der Waals surface area contributed by atoms with Crippen LogP contribution in [0.1, 0.15) is 11.1 Å². The van der Waals surface area contributed by atoms with Crippen LogP contribution >= 0.6 is 39.2 Å². The van der Waals surface area contributed by atoms with Gasteiger partial charge in [-0.05, 0) is 11.6 Å². The van der Waals surface area contributed by atoms with E-state index in [4.69, 9.17) is 15.9 Å². The van der Waals surface area contributed by atoms with Gasteiger partial charge in [-0.3, -0.25) is 0 Å². The molecule has 0 aliphatic rings. The van der Waals surface area contributed by atoms with E-state index in [9.17, 15) is 8.42 Å². The molecule has 0 atom stereocenters. The number of alkyl halides is 1. The standard InChI is InChI=1S/C8H5BrClNO2S2/c9-3-5-1-2-7(14)8(6(5)4-11)15(10,12)13/h1-2,14H,3H2. The molecule has 0 heterocycles. The van der Waals surface area contributed by atoms with Gasteiger partial charge in [0, 0.05) is 20.9 Å². The third kappa shape index (κ3) is 2.67. The molecule has 0 radical (unpaired) electrons. The highest BCUT2D eigenvalue weighted by Crippen LogP contribution is 2.30. The second-order valence-electron chi connectivity index (χ2n) is 2.63. The zero-order valence-electron chi connectivity index (χ0n) is 7.24. The third-order valence-electron chi connectivity index (χ3n) is 1.72. The molecule has 7 heteroatoms. The Bertz CT molecular complexity index is 536. The first-order chi connectivity index (χ1) is 6.91. The molecule has 0 spiro atoms. The van der Waals surface area contributed by atoms with Gasteiger partial charge in [0.05, 0.1) is 5.56 Å². The smallest absolute Gasteiger partial charge is 0.207 e. The van der Waals surface area contributed by atoms with E-state index in [0.29, 0.717) is 10.9 Å². The molecule has 0 N–H and O–H groups in total. The summed E-state index contributed by atoms with van der Waals surface area (Å²) in [5.74, 6) is 0. The molecular weight excluding hydrogens is 322 g/mol. The van der Waals surface area contributed by atoms with Crippen molar-refractivity contribution >= 4 is 48.3 Å². The fourth-order valence-corrected chi connectivity index (χ4v) is 3.49.